The third-order valence-electron chi connectivity index (χ3n) is 5.61. The third kappa shape index (κ3) is 3.20. The zero-order valence-electron chi connectivity index (χ0n) is 14.6. The van der Waals surface area contributed by atoms with Crippen molar-refractivity contribution >= 4 is 16.6 Å². The highest BCUT2D eigenvalue weighted by Crippen LogP contribution is 2.31. The van der Waals surface area contributed by atoms with Crippen LogP contribution in [0.4, 0.5) is 14.5 Å². The summed E-state index contributed by atoms with van der Waals surface area (Å²) in [5.74, 6) is -1.14. The number of benzene rings is 1. The summed E-state index contributed by atoms with van der Waals surface area (Å²) >= 11 is 0. The highest BCUT2D eigenvalue weighted by atomic mass is 19.1. The molecular formula is C19H24F2N4. The molecule has 2 aliphatic rings. The molecule has 2 aromatic rings. The summed E-state index contributed by atoms with van der Waals surface area (Å²) in [4.78, 5) is 11.4. The van der Waals surface area contributed by atoms with Gasteiger partial charge in [-0.25, -0.2) is 8.78 Å². The number of fused-ring (bicyclic) bond motifs is 1. The van der Waals surface area contributed by atoms with E-state index in [2.05, 4.69) is 26.6 Å². The van der Waals surface area contributed by atoms with Gasteiger partial charge in [-0.1, -0.05) is 6.92 Å². The summed E-state index contributed by atoms with van der Waals surface area (Å²) in [6.45, 7) is 9.60. The van der Waals surface area contributed by atoms with E-state index in [1.807, 2.05) is 6.07 Å². The van der Waals surface area contributed by atoms with Gasteiger partial charge in [-0.2, -0.15) is 0 Å². The fraction of sp³-hybridized carbons (Fsp3) is 0.526. The highest BCUT2D eigenvalue weighted by Gasteiger charge is 2.30. The van der Waals surface area contributed by atoms with Gasteiger partial charge >= 0.3 is 0 Å². The largest absolute Gasteiger partial charge is 0.369 e. The lowest BCUT2D eigenvalue weighted by molar-refractivity contribution is 0.107. The lowest BCUT2D eigenvalue weighted by atomic mass is 10.1. The molecule has 25 heavy (non-hydrogen) atoms. The maximum absolute atomic E-state index is 14.0. The zero-order chi connectivity index (χ0) is 17.4. The minimum Gasteiger partial charge on any atom is -0.369 e. The predicted octanol–water partition coefficient (Wildman–Crippen LogP) is 2.73. The predicted molar refractivity (Wildman–Crippen MR) is 96.0 cm³/mol. The van der Waals surface area contributed by atoms with Crippen molar-refractivity contribution in [3.63, 3.8) is 0 Å². The van der Waals surface area contributed by atoms with Crippen molar-refractivity contribution in [3.8, 4) is 0 Å². The molecule has 1 atom stereocenters. The van der Waals surface area contributed by atoms with Crippen LogP contribution in [0, 0.1) is 11.6 Å². The lowest BCUT2D eigenvalue weighted by Gasteiger charge is -2.37. The van der Waals surface area contributed by atoms with Crippen LogP contribution in [-0.4, -0.2) is 66.6 Å². The van der Waals surface area contributed by atoms with E-state index in [0.717, 1.165) is 64.0 Å². The third-order valence-corrected chi connectivity index (χ3v) is 5.61. The van der Waals surface area contributed by atoms with E-state index in [0.29, 0.717) is 11.4 Å². The standard InChI is InChI=1S/C19H24F2N4/c1-2-23-7-9-24(10-8-23)15-4-6-25(13-15)18-3-5-22-19-16(18)11-14(20)12-17(19)21/h3,5,11-12,15H,2,4,6-10,13H2,1H3. The Labute approximate surface area is 147 Å². The molecule has 6 heteroatoms. The molecule has 0 N–H and O–H groups in total. The van der Waals surface area contributed by atoms with Crippen molar-refractivity contribution < 1.29 is 8.78 Å². The molecule has 2 fully saturated rings. The van der Waals surface area contributed by atoms with E-state index >= 15 is 0 Å². The molecule has 0 aliphatic carbocycles. The van der Waals surface area contributed by atoms with Gasteiger partial charge in [-0.05, 0) is 25.1 Å². The van der Waals surface area contributed by atoms with Crippen LogP contribution in [0.15, 0.2) is 24.4 Å². The molecule has 2 aliphatic heterocycles. The van der Waals surface area contributed by atoms with Crippen LogP contribution in [0.2, 0.25) is 0 Å². The van der Waals surface area contributed by atoms with Gasteiger partial charge in [-0.3, -0.25) is 9.88 Å². The first-order valence-corrected chi connectivity index (χ1v) is 9.11. The van der Waals surface area contributed by atoms with Crippen LogP contribution in [0.1, 0.15) is 13.3 Å². The van der Waals surface area contributed by atoms with Gasteiger partial charge in [0.2, 0.25) is 0 Å². The van der Waals surface area contributed by atoms with E-state index in [1.165, 1.54) is 6.07 Å². The monoisotopic (exact) mass is 346 g/mol. The van der Waals surface area contributed by atoms with E-state index < -0.39 is 11.6 Å². The topological polar surface area (TPSA) is 22.6 Å². The van der Waals surface area contributed by atoms with Crippen molar-refractivity contribution in [3.05, 3.63) is 36.0 Å². The SMILES string of the molecule is CCN1CCN(C2CCN(c3ccnc4c(F)cc(F)cc34)C2)CC1. The molecule has 1 unspecified atom stereocenters. The zero-order valence-corrected chi connectivity index (χ0v) is 14.6. The Balaban J connectivity index is 1.53. The van der Waals surface area contributed by atoms with Crippen LogP contribution < -0.4 is 4.90 Å². The molecule has 0 spiro atoms. The Morgan fingerprint density at radius 3 is 2.68 bits per heavy atom. The molecule has 0 amide bonds. The van der Waals surface area contributed by atoms with Crippen molar-refractivity contribution in [2.24, 2.45) is 0 Å². The molecule has 134 valence electrons. The number of halogens is 2. The molecule has 2 saturated heterocycles. The van der Waals surface area contributed by atoms with Crippen molar-refractivity contribution in [1.82, 2.24) is 14.8 Å². The summed E-state index contributed by atoms with van der Waals surface area (Å²) in [5.41, 5.74) is 1.14. The van der Waals surface area contributed by atoms with Crippen molar-refractivity contribution in [2.45, 2.75) is 19.4 Å². The second kappa shape index (κ2) is 6.84. The quantitative estimate of drug-likeness (QED) is 0.852. The fourth-order valence-corrected chi connectivity index (χ4v) is 4.14. The number of anilines is 1. The van der Waals surface area contributed by atoms with E-state index in [-0.39, 0.29) is 5.52 Å². The van der Waals surface area contributed by atoms with Gasteiger partial charge in [0.25, 0.3) is 0 Å². The van der Waals surface area contributed by atoms with E-state index in [1.54, 1.807) is 6.20 Å². The second-order valence-electron chi connectivity index (χ2n) is 6.97. The Morgan fingerprint density at radius 1 is 1.12 bits per heavy atom. The van der Waals surface area contributed by atoms with Gasteiger partial charge in [0, 0.05) is 68.6 Å². The molecular weight excluding hydrogens is 322 g/mol. The van der Waals surface area contributed by atoms with E-state index in [4.69, 9.17) is 0 Å². The van der Waals surface area contributed by atoms with Crippen molar-refractivity contribution in [1.29, 1.82) is 0 Å². The maximum Gasteiger partial charge on any atom is 0.152 e. The van der Waals surface area contributed by atoms with Crippen LogP contribution in [0.5, 0.6) is 0 Å². The van der Waals surface area contributed by atoms with Gasteiger partial charge in [0.15, 0.2) is 5.82 Å². The normalized spacial score (nSPS) is 22.8. The number of hydrogen-bond acceptors (Lipinski definition) is 4. The minimum atomic E-state index is -0.594. The Hall–Kier alpha value is -1.79. The lowest BCUT2D eigenvalue weighted by Crippen LogP contribution is -2.50. The summed E-state index contributed by atoms with van der Waals surface area (Å²) in [5, 5.41) is 0.566. The second-order valence-corrected chi connectivity index (χ2v) is 6.97. The number of piperazine rings is 1. The fourth-order valence-electron chi connectivity index (χ4n) is 4.14. The number of pyridine rings is 1. The summed E-state index contributed by atoms with van der Waals surface area (Å²) in [6.07, 6.45) is 2.71. The van der Waals surface area contributed by atoms with Crippen molar-refractivity contribution in [2.75, 3.05) is 50.7 Å². The average Bonchev–Trinajstić information content (AvgIpc) is 3.11. The summed E-state index contributed by atoms with van der Waals surface area (Å²) in [7, 11) is 0. The molecule has 1 aromatic carbocycles. The van der Waals surface area contributed by atoms with E-state index in [9.17, 15) is 8.78 Å². The van der Waals surface area contributed by atoms with Gasteiger partial charge in [0.1, 0.15) is 11.3 Å². The highest BCUT2D eigenvalue weighted by molar-refractivity contribution is 5.92. The molecule has 0 radical (unpaired) electrons. The maximum atomic E-state index is 14.0. The van der Waals surface area contributed by atoms with Gasteiger partial charge < -0.3 is 9.80 Å². The first-order chi connectivity index (χ1) is 12.2. The molecule has 4 nitrogen and oxygen atoms in total. The Bertz CT molecular complexity index is 758. The van der Waals surface area contributed by atoms with Gasteiger partial charge in [0.05, 0.1) is 0 Å². The summed E-state index contributed by atoms with van der Waals surface area (Å²) < 4.78 is 27.7. The average molecular weight is 346 g/mol. The Kier molecular flexibility index (Phi) is 4.56. The number of aromatic nitrogens is 1. The molecule has 4 rings (SSSR count). The Morgan fingerprint density at radius 2 is 1.92 bits per heavy atom. The van der Waals surface area contributed by atoms with Crippen LogP contribution >= 0.6 is 0 Å². The minimum absolute atomic E-state index is 0.249. The van der Waals surface area contributed by atoms with Crippen LogP contribution in [-0.2, 0) is 0 Å². The number of likely N-dealkylation sites (N-methyl/N-ethyl adjacent to an activating group) is 1. The molecule has 0 saturated carbocycles. The number of nitrogens with zero attached hydrogens (tertiary/aromatic N) is 4. The van der Waals surface area contributed by atoms with Crippen LogP contribution in [0.3, 0.4) is 0 Å². The smallest absolute Gasteiger partial charge is 0.152 e. The molecule has 0 bridgehead atoms. The number of hydrogen-bond donors (Lipinski definition) is 0. The molecule has 3 heterocycles. The first-order valence-electron chi connectivity index (χ1n) is 9.11. The van der Waals surface area contributed by atoms with Gasteiger partial charge in [-0.15, -0.1) is 0 Å². The first kappa shape index (κ1) is 16.7. The molecule has 1 aromatic heterocycles. The summed E-state index contributed by atoms with van der Waals surface area (Å²) in [6, 6.07) is 4.69. The number of rotatable bonds is 3. The van der Waals surface area contributed by atoms with Crippen LogP contribution in [0.25, 0.3) is 10.9 Å².